The van der Waals surface area contributed by atoms with Gasteiger partial charge < -0.3 is 19.5 Å². The molecular formula is C22H39N2NaO4S. The molecule has 1 rings (SSSR count). The zero-order valence-corrected chi connectivity index (χ0v) is 22.4. The molecule has 30 heavy (non-hydrogen) atoms. The third-order valence-corrected chi connectivity index (χ3v) is 5.73. The van der Waals surface area contributed by atoms with Gasteiger partial charge in [-0.1, -0.05) is 57.6 Å². The molecule has 0 aliphatic carbocycles. The Morgan fingerprint density at radius 2 is 1.47 bits per heavy atom. The molecule has 0 radical (unpaired) electrons. The van der Waals surface area contributed by atoms with Crippen LogP contribution >= 0.6 is 0 Å². The van der Waals surface area contributed by atoms with Crippen molar-refractivity contribution in [1.82, 2.24) is 9.80 Å². The van der Waals surface area contributed by atoms with E-state index in [4.69, 9.17) is 0 Å². The van der Waals surface area contributed by atoms with Crippen LogP contribution in [0.25, 0.3) is 0 Å². The van der Waals surface area contributed by atoms with Crippen LogP contribution < -0.4 is 29.6 Å². The molecule has 0 fully saturated rings. The fraction of sp³-hybridized carbons (Fsp3) is 0.727. The third kappa shape index (κ3) is 13.3. The molecule has 0 amide bonds. The smallest absolute Gasteiger partial charge is 0.748 e. The Balaban J connectivity index is 0.00000841. The standard InChI is InChI=1S/C22H40N2O4S.Na/c1-5-6-7-8-9-10-11-12-19-15-20(17-23(2)3)22(25)21(16-19)18-24(4)13-14-29(26,27)28;/h15-16,25H,5-14,17-18H2,1-4H3,(H,26,27,28);/q;+1/p-1. The van der Waals surface area contributed by atoms with Crippen molar-refractivity contribution in [3.05, 3.63) is 28.8 Å². The number of phenolic OH excluding ortho intramolecular Hbond substituents is 1. The molecule has 0 unspecified atom stereocenters. The van der Waals surface area contributed by atoms with E-state index in [1.807, 2.05) is 25.1 Å². The molecular weight excluding hydrogens is 411 g/mol. The Morgan fingerprint density at radius 3 is 2.00 bits per heavy atom. The van der Waals surface area contributed by atoms with Crippen LogP contribution in [0.5, 0.6) is 5.75 Å². The summed E-state index contributed by atoms with van der Waals surface area (Å²) < 4.78 is 32.6. The van der Waals surface area contributed by atoms with Gasteiger partial charge >= 0.3 is 29.6 Å². The summed E-state index contributed by atoms with van der Waals surface area (Å²) in [6.45, 7) is 3.43. The van der Waals surface area contributed by atoms with Gasteiger partial charge in [0, 0.05) is 30.8 Å². The van der Waals surface area contributed by atoms with Crippen molar-refractivity contribution in [3.63, 3.8) is 0 Å². The van der Waals surface area contributed by atoms with Gasteiger partial charge in [-0.15, -0.1) is 0 Å². The van der Waals surface area contributed by atoms with Gasteiger partial charge in [-0.3, -0.25) is 0 Å². The van der Waals surface area contributed by atoms with Gasteiger partial charge in [0.2, 0.25) is 0 Å². The minimum Gasteiger partial charge on any atom is -0.748 e. The van der Waals surface area contributed by atoms with Crippen LogP contribution in [-0.4, -0.2) is 61.3 Å². The fourth-order valence-corrected chi connectivity index (χ4v) is 4.02. The largest absolute Gasteiger partial charge is 1.00 e. The maximum atomic E-state index is 10.9. The van der Waals surface area contributed by atoms with E-state index in [0.29, 0.717) is 13.1 Å². The van der Waals surface area contributed by atoms with Gasteiger partial charge in [0.15, 0.2) is 0 Å². The summed E-state index contributed by atoms with van der Waals surface area (Å²) in [7, 11) is 1.46. The van der Waals surface area contributed by atoms with E-state index < -0.39 is 15.9 Å². The van der Waals surface area contributed by atoms with E-state index in [1.54, 1.807) is 11.9 Å². The Hall–Kier alpha value is -0.150. The molecule has 1 aromatic carbocycles. The molecule has 8 heteroatoms. The van der Waals surface area contributed by atoms with Gasteiger partial charge in [0.1, 0.15) is 5.75 Å². The average Bonchev–Trinajstić information content (AvgIpc) is 2.62. The molecule has 0 spiro atoms. The second kappa shape index (κ2) is 15.6. The number of aromatic hydroxyl groups is 1. The second-order valence-electron chi connectivity index (χ2n) is 8.37. The van der Waals surface area contributed by atoms with Crippen molar-refractivity contribution in [1.29, 1.82) is 0 Å². The monoisotopic (exact) mass is 450 g/mol. The maximum absolute atomic E-state index is 10.9. The zero-order chi connectivity index (χ0) is 21.9. The first-order chi connectivity index (χ1) is 13.6. The average molecular weight is 451 g/mol. The number of phenols is 1. The van der Waals surface area contributed by atoms with Crippen molar-refractivity contribution in [2.75, 3.05) is 33.4 Å². The van der Waals surface area contributed by atoms with E-state index in [0.717, 1.165) is 24.0 Å². The molecule has 0 heterocycles. The third-order valence-electron chi connectivity index (χ3n) is 5.05. The van der Waals surface area contributed by atoms with Gasteiger partial charge in [0.25, 0.3) is 0 Å². The van der Waals surface area contributed by atoms with Gasteiger partial charge in [-0.25, -0.2) is 8.42 Å². The van der Waals surface area contributed by atoms with Crippen LogP contribution in [0.4, 0.5) is 0 Å². The quantitative estimate of drug-likeness (QED) is 0.241. The van der Waals surface area contributed by atoms with Crippen molar-refractivity contribution in [2.45, 2.75) is 71.4 Å². The number of hydrogen-bond donors (Lipinski definition) is 1. The molecule has 0 aromatic heterocycles. The molecule has 168 valence electrons. The first kappa shape index (κ1) is 29.9. The number of rotatable bonds is 15. The summed E-state index contributed by atoms with van der Waals surface area (Å²) >= 11 is 0. The molecule has 6 nitrogen and oxygen atoms in total. The minimum atomic E-state index is -4.24. The summed E-state index contributed by atoms with van der Waals surface area (Å²) in [5.41, 5.74) is 2.87. The summed E-state index contributed by atoms with van der Waals surface area (Å²) in [4.78, 5) is 3.78. The van der Waals surface area contributed by atoms with E-state index in [1.165, 1.54) is 44.1 Å². The van der Waals surface area contributed by atoms with Crippen molar-refractivity contribution >= 4 is 10.1 Å². The molecule has 0 aliphatic heterocycles. The Labute approximate surface area is 206 Å². The Morgan fingerprint density at radius 1 is 0.933 bits per heavy atom. The number of nitrogens with zero attached hydrogens (tertiary/aromatic N) is 2. The summed E-state index contributed by atoms with van der Waals surface area (Å²) in [5, 5.41) is 10.7. The molecule has 0 saturated carbocycles. The van der Waals surface area contributed by atoms with Crippen LogP contribution in [0.2, 0.25) is 0 Å². The SMILES string of the molecule is CCCCCCCCCc1cc(CN(C)C)c(O)c(CN(C)CCS(=O)(=O)[O-])c1.[Na+]. The van der Waals surface area contributed by atoms with Crippen molar-refractivity contribution < 1.29 is 47.6 Å². The van der Waals surface area contributed by atoms with E-state index in [2.05, 4.69) is 13.0 Å². The van der Waals surface area contributed by atoms with Gasteiger partial charge in [-0.05, 0) is 39.5 Å². The first-order valence-corrected chi connectivity index (χ1v) is 12.3. The molecule has 0 saturated heterocycles. The van der Waals surface area contributed by atoms with E-state index in [-0.39, 0.29) is 41.9 Å². The molecule has 1 aromatic rings. The summed E-state index contributed by atoms with van der Waals surface area (Å²) in [5.74, 6) is -0.161. The molecule has 0 bridgehead atoms. The summed E-state index contributed by atoms with van der Waals surface area (Å²) in [6, 6.07) is 4.10. The molecule has 0 atom stereocenters. The number of benzene rings is 1. The van der Waals surface area contributed by atoms with Crippen LogP contribution in [0.15, 0.2) is 12.1 Å². The van der Waals surface area contributed by atoms with E-state index >= 15 is 0 Å². The predicted octanol–water partition coefficient (Wildman–Crippen LogP) is 0.728. The second-order valence-corrected chi connectivity index (χ2v) is 9.89. The van der Waals surface area contributed by atoms with Gasteiger partial charge in [-0.2, -0.15) is 0 Å². The predicted molar refractivity (Wildman–Crippen MR) is 118 cm³/mol. The van der Waals surface area contributed by atoms with Crippen LogP contribution in [-0.2, 0) is 29.6 Å². The molecule has 1 N–H and O–H groups in total. The van der Waals surface area contributed by atoms with Gasteiger partial charge in [0.05, 0.1) is 15.9 Å². The number of aryl methyl sites for hydroxylation is 1. The Bertz CT molecular complexity index is 711. The first-order valence-electron chi connectivity index (χ1n) is 10.7. The Kier molecular flexibility index (Phi) is 15.5. The van der Waals surface area contributed by atoms with Crippen LogP contribution in [0.3, 0.4) is 0 Å². The number of hydrogen-bond acceptors (Lipinski definition) is 6. The fourth-order valence-electron chi connectivity index (χ4n) is 3.48. The zero-order valence-electron chi connectivity index (χ0n) is 19.6. The maximum Gasteiger partial charge on any atom is 1.00 e. The number of unbranched alkanes of at least 4 members (excludes halogenated alkanes) is 6. The van der Waals surface area contributed by atoms with Crippen molar-refractivity contribution in [3.8, 4) is 5.75 Å². The van der Waals surface area contributed by atoms with Crippen molar-refractivity contribution in [2.24, 2.45) is 0 Å². The van der Waals surface area contributed by atoms with Crippen LogP contribution in [0.1, 0.15) is 68.6 Å². The normalized spacial score (nSPS) is 11.8. The topological polar surface area (TPSA) is 83.9 Å². The molecule has 0 aliphatic rings. The van der Waals surface area contributed by atoms with Crippen LogP contribution in [0, 0.1) is 0 Å². The van der Waals surface area contributed by atoms with E-state index in [9.17, 15) is 18.1 Å². The minimum absolute atomic E-state index is 0. The summed E-state index contributed by atoms with van der Waals surface area (Å²) in [6.07, 6.45) is 9.77.